The maximum atomic E-state index is 12.7. The van der Waals surface area contributed by atoms with Gasteiger partial charge in [0.05, 0.1) is 6.21 Å². The zero-order valence-corrected chi connectivity index (χ0v) is 18.7. The van der Waals surface area contributed by atoms with Crippen molar-refractivity contribution in [1.29, 1.82) is 0 Å². The summed E-state index contributed by atoms with van der Waals surface area (Å²) in [4.78, 5) is 25.2. The highest BCUT2D eigenvalue weighted by Crippen LogP contribution is 2.20. The van der Waals surface area contributed by atoms with Gasteiger partial charge in [-0.1, -0.05) is 56.6 Å². The Morgan fingerprint density at radius 1 is 1.16 bits per heavy atom. The second-order valence-corrected chi connectivity index (χ2v) is 8.17. The van der Waals surface area contributed by atoms with Crippen LogP contribution in [0, 0.1) is 5.92 Å². The van der Waals surface area contributed by atoms with E-state index in [1.54, 1.807) is 30.5 Å². The van der Waals surface area contributed by atoms with Crippen molar-refractivity contribution < 1.29 is 9.59 Å². The summed E-state index contributed by atoms with van der Waals surface area (Å²) in [6, 6.07) is 14.0. The summed E-state index contributed by atoms with van der Waals surface area (Å²) in [5.41, 5.74) is 5.02. The molecule has 0 aliphatic rings. The number of nitrogens with zero attached hydrogens (tertiary/aromatic N) is 2. The fourth-order valence-electron chi connectivity index (χ4n) is 3.43. The van der Waals surface area contributed by atoms with Crippen LogP contribution in [0.1, 0.15) is 43.1 Å². The van der Waals surface area contributed by atoms with Crippen LogP contribution in [0.2, 0.25) is 5.02 Å². The molecule has 3 aromatic rings. The van der Waals surface area contributed by atoms with Crippen molar-refractivity contribution in [3.8, 4) is 0 Å². The molecule has 3 rings (SSSR count). The molecule has 1 unspecified atom stereocenters. The Labute approximate surface area is 187 Å². The molecule has 1 heterocycles. The summed E-state index contributed by atoms with van der Waals surface area (Å²) >= 11 is 5.96. The molecule has 0 spiro atoms. The van der Waals surface area contributed by atoms with Crippen molar-refractivity contribution in [2.24, 2.45) is 11.0 Å². The number of carbonyl (C=O) groups is 2. The standard InChI is InChI=1S/C24H27ClN4O2/c1-4-12-29-15-18(20-10-5-6-11-21(20)29)14-26-28-24(31)22(16(2)3)27-23(30)17-8-7-9-19(25)13-17/h5-11,13-16,22H,4,12H2,1-3H3,(H,27,30)(H,28,31)/b26-14-. The van der Waals surface area contributed by atoms with E-state index in [2.05, 4.69) is 33.4 Å². The van der Waals surface area contributed by atoms with Crippen molar-refractivity contribution >= 4 is 40.5 Å². The van der Waals surface area contributed by atoms with Gasteiger partial charge in [0.2, 0.25) is 0 Å². The van der Waals surface area contributed by atoms with Gasteiger partial charge in [0.15, 0.2) is 0 Å². The average Bonchev–Trinajstić information content (AvgIpc) is 3.09. The van der Waals surface area contributed by atoms with Crippen LogP contribution in [0.4, 0.5) is 0 Å². The number of hydrazone groups is 1. The molecule has 0 aliphatic heterocycles. The predicted molar refractivity (Wildman–Crippen MR) is 126 cm³/mol. The summed E-state index contributed by atoms with van der Waals surface area (Å²) in [6.07, 6.45) is 4.70. The number of hydrogen-bond acceptors (Lipinski definition) is 3. The third kappa shape index (κ3) is 5.52. The van der Waals surface area contributed by atoms with Crippen molar-refractivity contribution in [3.05, 3.63) is 70.9 Å². The Kier molecular flexibility index (Phi) is 7.47. The molecule has 1 aromatic heterocycles. The lowest BCUT2D eigenvalue weighted by atomic mass is 10.0. The number of para-hydroxylation sites is 1. The van der Waals surface area contributed by atoms with Gasteiger partial charge in [0.1, 0.15) is 6.04 Å². The van der Waals surface area contributed by atoms with E-state index in [1.807, 2.05) is 38.2 Å². The molecular weight excluding hydrogens is 412 g/mol. The lowest BCUT2D eigenvalue weighted by Crippen LogP contribution is -2.48. The number of hydrogen-bond donors (Lipinski definition) is 2. The first-order valence-electron chi connectivity index (χ1n) is 10.4. The van der Waals surface area contributed by atoms with Gasteiger partial charge in [-0.3, -0.25) is 9.59 Å². The summed E-state index contributed by atoms with van der Waals surface area (Å²) in [7, 11) is 0. The molecule has 0 saturated heterocycles. The van der Waals surface area contributed by atoms with E-state index in [0.717, 1.165) is 29.4 Å². The topological polar surface area (TPSA) is 75.5 Å². The molecule has 0 radical (unpaired) electrons. The lowest BCUT2D eigenvalue weighted by molar-refractivity contribution is -0.123. The van der Waals surface area contributed by atoms with E-state index in [4.69, 9.17) is 11.6 Å². The lowest BCUT2D eigenvalue weighted by Gasteiger charge is -2.20. The molecular formula is C24H27ClN4O2. The summed E-state index contributed by atoms with van der Waals surface area (Å²) < 4.78 is 2.18. The van der Waals surface area contributed by atoms with Gasteiger partial charge >= 0.3 is 0 Å². The number of carbonyl (C=O) groups excluding carboxylic acids is 2. The highest BCUT2D eigenvalue weighted by molar-refractivity contribution is 6.31. The van der Waals surface area contributed by atoms with Crippen LogP contribution < -0.4 is 10.7 Å². The van der Waals surface area contributed by atoms with E-state index in [1.165, 1.54) is 0 Å². The number of amides is 2. The van der Waals surface area contributed by atoms with Crippen LogP contribution in [0.3, 0.4) is 0 Å². The first-order chi connectivity index (χ1) is 14.9. The minimum absolute atomic E-state index is 0.121. The molecule has 6 nitrogen and oxygen atoms in total. The van der Waals surface area contributed by atoms with Crippen LogP contribution >= 0.6 is 11.6 Å². The van der Waals surface area contributed by atoms with Crippen LogP contribution in [0.15, 0.2) is 59.8 Å². The Hall–Kier alpha value is -3.12. The van der Waals surface area contributed by atoms with Crippen molar-refractivity contribution in [1.82, 2.24) is 15.3 Å². The molecule has 31 heavy (non-hydrogen) atoms. The molecule has 7 heteroatoms. The number of aryl methyl sites for hydroxylation is 1. The highest BCUT2D eigenvalue weighted by atomic mass is 35.5. The molecule has 0 saturated carbocycles. The second-order valence-electron chi connectivity index (χ2n) is 7.73. The fraction of sp³-hybridized carbons (Fsp3) is 0.292. The number of benzene rings is 2. The number of halogens is 1. The summed E-state index contributed by atoms with van der Waals surface area (Å²) in [6.45, 7) is 6.77. The molecule has 0 aliphatic carbocycles. The van der Waals surface area contributed by atoms with Crippen molar-refractivity contribution in [3.63, 3.8) is 0 Å². The monoisotopic (exact) mass is 438 g/mol. The van der Waals surface area contributed by atoms with Gasteiger partial charge < -0.3 is 9.88 Å². The van der Waals surface area contributed by atoms with E-state index in [9.17, 15) is 9.59 Å². The summed E-state index contributed by atoms with van der Waals surface area (Å²) in [5, 5.41) is 8.46. The van der Waals surface area contributed by atoms with E-state index in [0.29, 0.717) is 10.6 Å². The SMILES string of the molecule is CCCn1cc(/C=N\NC(=O)C(NC(=O)c2cccc(Cl)c2)C(C)C)c2ccccc21. The molecule has 2 amide bonds. The Morgan fingerprint density at radius 2 is 1.94 bits per heavy atom. The number of nitrogens with one attached hydrogen (secondary N) is 2. The molecule has 0 fully saturated rings. The van der Waals surface area contributed by atoms with Crippen LogP contribution in [0.5, 0.6) is 0 Å². The maximum absolute atomic E-state index is 12.7. The summed E-state index contributed by atoms with van der Waals surface area (Å²) in [5.74, 6) is -0.855. The van der Waals surface area contributed by atoms with Gasteiger partial charge in [0.25, 0.3) is 11.8 Å². The smallest absolute Gasteiger partial charge is 0.262 e. The number of aromatic nitrogens is 1. The molecule has 1 atom stereocenters. The first kappa shape index (κ1) is 22.6. The minimum Gasteiger partial charge on any atom is -0.347 e. The Balaban J connectivity index is 1.71. The van der Waals surface area contributed by atoms with Crippen LogP contribution in [-0.4, -0.2) is 28.6 Å². The first-order valence-corrected chi connectivity index (χ1v) is 10.8. The highest BCUT2D eigenvalue weighted by Gasteiger charge is 2.24. The Morgan fingerprint density at radius 3 is 2.65 bits per heavy atom. The zero-order chi connectivity index (χ0) is 22.4. The predicted octanol–water partition coefficient (Wildman–Crippen LogP) is 4.61. The van der Waals surface area contributed by atoms with E-state index >= 15 is 0 Å². The quantitative estimate of drug-likeness (QED) is 0.398. The third-order valence-electron chi connectivity index (χ3n) is 4.98. The zero-order valence-electron chi connectivity index (χ0n) is 17.9. The van der Waals surface area contributed by atoms with Gasteiger partial charge in [-0.15, -0.1) is 0 Å². The van der Waals surface area contributed by atoms with Crippen LogP contribution in [0.25, 0.3) is 10.9 Å². The van der Waals surface area contributed by atoms with Crippen molar-refractivity contribution in [2.75, 3.05) is 0 Å². The maximum Gasteiger partial charge on any atom is 0.262 e. The minimum atomic E-state index is -0.731. The number of fused-ring (bicyclic) bond motifs is 1. The molecule has 162 valence electrons. The van der Waals surface area contributed by atoms with E-state index < -0.39 is 6.04 Å². The second kappa shape index (κ2) is 10.3. The van der Waals surface area contributed by atoms with Gasteiger partial charge in [0, 0.05) is 39.8 Å². The molecule has 0 bridgehead atoms. The normalized spacial score (nSPS) is 12.4. The largest absolute Gasteiger partial charge is 0.347 e. The molecule has 2 N–H and O–H groups in total. The van der Waals surface area contributed by atoms with Gasteiger partial charge in [-0.2, -0.15) is 5.10 Å². The Bertz CT molecular complexity index is 1100. The van der Waals surface area contributed by atoms with Gasteiger partial charge in [-0.25, -0.2) is 5.43 Å². The fourth-order valence-corrected chi connectivity index (χ4v) is 3.62. The van der Waals surface area contributed by atoms with Crippen LogP contribution in [-0.2, 0) is 11.3 Å². The average molecular weight is 439 g/mol. The van der Waals surface area contributed by atoms with E-state index in [-0.39, 0.29) is 17.7 Å². The van der Waals surface area contributed by atoms with Crippen molar-refractivity contribution in [2.45, 2.75) is 39.8 Å². The number of rotatable bonds is 8. The van der Waals surface area contributed by atoms with Gasteiger partial charge in [-0.05, 0) is 36.6 Å². The third-order valence-corrected chi connectivity index (χ3v) is 5.22. The molecule has 2 aromatic carbocycles.